The fourth-order valence-electron chi connectivity index (χ4n) is 3.28. The predicted octanol–water partition coefficient (Wildman–Crippen LogP) is 5.19. The second kappa shape index (κ2) is 8.84. The highest BCUT2D eigenvalue weighted by molar-refractivity contribution is 7.92. The molecule has 1 heterocycles. The number of oxazole rings is 1. The molecule has 0 radical (unpaired) electrons. The van der Waals surface area contributed by atoms with Gasteiger partial charge < -0.3 is 9.15 Å². The topological polar surface area (TPSA) is 72.6 Å². The number of aryl methyl sites for hydroxylation is 1. The zero-order valence-corrected chi connectivity index (χ0v) is 18.3. The minimum Gasteiger partial charge on any atom is -0.495 e. The van der Waals surface area contributed by atoms with Crippen LogP contribution in [0.2, 0.25) is 0 Å². The standard InChI is InChI=1S/C24H21FN2O4S/c1-17-21(26-24(31-17)18-8-4-3-5-9-18)16-27(22-10-6-7-11-23(22)30-2)32(28,29)20-14-12-19(25)13-15-20/h3-15H,16H2,1-2H3. The van der Waals surface area contributed by atoms with E-state index in [-0.39, 0.29) is 11.4 Å². The van der Waals surface area contributed by atoms with Gasteiger partial charge in [0.25, 0.3) is 10.0 Å². The van der Waals surface area contributed by atoms with Gasteiger partial charge in [-0.25, -0.2) is 17.8 Å². The maximum Gasteiger partial charge on any atom is 0.264 e. The molecule has 0 spiro atoms. The van der Waals surface area contributed by atoms with Gasteiger partial charge in [0.1, 0.15) is 23.0 Å². The van der Waals surface area contributed by atoms with Crippen LogP contribution in [-0.2, 0) is 16.6 Å². The Balaban J connectivity index is 1.81. The van der Waals surface area contributed by atoms with Gasteiger partial charge in [0.15, 0.2) is 0 Å². The van der Waals surface area contributed by atoms with Crippen molar-refractivity contribution >= 4 is 15.7 Å². The third-order valence-electron chi connectivity index (χ3n) is 4.96. The van der Waals surface area contributed by atoms with Crippen molar-refractivity contribution in [2.24, 2.45) is 0 Å². The summed E-state index contributed by atoms with van der Waals surface area (Å²) in [6.45, 7) is 1.64. The van der Waals surface area contributed by atoms with E-state index in [4.69, 9.17) is 9.15 Å². The molecule has 0 fully saturated rings. The fourth-order valence-corrected chi connectivity index (χ4v) is 4.72. The van der Waals surface area contributed by atoms with Crippen molar-refractivity contribution in [2.75, 3.05) is 11.4 Å². The van der Waals surface area contributed by atoms with E-state index in [0.29, 0.717) is 28.8 Å². The van der Waals surface area contributed by atoms with Crippen LogP contribution >= 0.6 is 0 Å². The minimum atomic E-state index is -4.07. The number of methoxy groups -OCH3 is 1. The largest absolute Gasteiger partial charge is 0.495 e. The normalized spacial score (nSPS) is 11.3. The fraction of sp³-hybridized carbons (Fsp3) is 0.125. The van der Waals surface area contributed by atoms with E-state index in [1.165, 1.54) is 23.5 Å². The molecular weight excluding hydrogens is 431 g/mol. The highest BCUT2D eigenvalue weighted by Gasteiger charge is 2.29. The molecule has 0 atom stereocenters. The summed E-state index contributed by atoms with van der Waals surface area (Å²) in [7, 11) is -2.60. The Kier molecular flexibility index (Phi) is 5.96. The number of halogens is 1. The van der Waals surface area contributed by atoms with Crippen molar-refractivity contribution in [3.05, 3.63) is 96.1 Å². The smallest absolute Gasteiger partial charge is 0.264 e. The van der Waals surface area contributed by atoms with Crippen LogP contribution in [0, 0.1) is 12.7 Å². The third kappa shape index (κ3) is 4.22. The molecule has 32 heavy (non-hydrogen) atoms. The van der Waals surface area contributed by atoms with Gasteiger partial charge in [0, 0.05) is 5.56 Å². The van der Waals surface area contributed by atoms with Gasteiger partial charge in [0.2, 0.25) is 5.89 Å². The molecule has 3 aromatic carbocycles. The Hall–Kier alpha value is -3.65. The van der Waals surface area contributed by atoms with E-state index in [2.05, 4.69) is 4.98 Å². The number of para-hydroxylation sites is 2. The molecule has 0 unspecified atom stereocenters. The second-order valence-electron chi connectivity index (χ2n) is 7.03. The first-order valence-corrected chi connectivity index (χ1v) is 11.3. The minimum absolute atomic E-state index is 0.0470. The molecule has 0 aliphatic rings. The predicted molar refractivity (Wildman–Crippen MR) is 119 cm³/mol. The van der Waals surface area contributed by atoms with Crippen LogP contribution in [0.4, 0.5) is 10.1 Å². The van der Waals surface area contributed by atoms with Gasteiger partial charge in [-0.3, -0.25) is 4.31 Å². The summed E-state index contributed by atoms with van der Waals surface area (Å²) in [5.41, 5.74) is 1.58. The summed E-state index contributed by atoms with van der Waals surface area (Å²) < 4.78 is 53.0. The molecule has 0 bridgehead atoms. The highest BCUT2D eigenvalue weighted by atomic mass is 32.2. The van der Waals surface area contributed by atoms with E-state index in [1.54, 1.807) is 31.2 Å². The number of hydrogen-bond donors (Lipinski definition) is 0. The Morgan fingerprint density at radius 1 is 0.969 bits per heavy atom. The Bertz CT molecular complexity index is 1320. The van der Waals surface area contributed by atoms with Crippen LogP contribution in [0.15, 0.2) is 88.2 Å². The lowest BCUT2D eigenvalue weighted by Crippen LogP contribution is -2.31. The number of ether oxygens (including phenoxy) is 1. The molecule has 6 nitrogen and oxygen atoms in total. The Labute approximate surface area is 186 Å². The van der Waals surface area contributed by atoms with Gasteiger partial charge in [-0.15, -0.1) is 0 Å². The van der Waals surface area contributed by atoms with Crippen molar-refractivity contribution in [1.29, 1.82) is 0 Å². The van der Waals surface area contributed by atoms with Crippen LogP contribution in [0.25, 0.3) is 11.5 Å². The molecule has 4 rings (SSSR count). The zero-order chi connectivity index (χ0) is 22.7. The maximum absolute atomic E-state index is 13.6. The molecule has 1 aromatic heterocycles. The lowest BCUT2D eigenvalue weighted by molar-refractivity contribution is 0.415. The Morgan fingerprint density at radius 2 is 1.62 bits per heavy atom. The second-order valence-corrected chi connectivity index (χ2v) is 8.89. The van der Waals surface area contributed by atoms with Crippen LogP contribution in [0.1, 0.15) is 11.5 Å². The van der Waals surface area contributed by atoms with Crippen molar-refractivity contribution in [3.63, 3.8) is 0 Å². The molecule has 4 aromatic rings. The summed E-state index contributed by atoms with van der Waals surface area (Å²) in [5.74, 6) is 0.755. The first-order chi connectivity index (χ1) is 15.4. The number of nitrogens with zero attached hydrogens (tertiary/aromatic N) is 2. The number of sulfonamides is 1. The number of benzene rings is 3. The van der Waals surface area contributed by atoms with Crippen LogP contribution in [0.3, 0.4) is 0 Å². The average Bonchev–Trinajstić information content (AvgIpc) is 3.18. The molecule has 0 N–H and O–H groups in total. The zero-order valence-electron chi connectivity index (χ0n) is 17.5. The highest BCUT2D eigenvalue weighted by Crippen LogP contribution is 2.34. The number of aromatic nitrogens is 1. The van der Waals surface area contributed by atoms with Crippen molar-refractivity contribution in [2.45, 2.75) is 18.4 Å². The molecule has 8 heteroatoms. The summed E-state index contributed by atoms with van der Waals surface area (Å²) in [6, 6.07) is 20.8. The van der Waals surface area contributed by atoms with Gasteiger partial charge in [-0.05, 0) is 55.5 Å². The third-order valence-corrected chi connectivity index (χ3v) is 6.74. The van der Waals surface area contributed by atoms with Crippen LogP contribution < -0.4 is 9.04 Å². The summed E-state index contributed by atoms with van der Waals surface area (Å²) in [4.78, 5) is 4.50. The van der Waals surface area contributed by atoms with Gasteiger partial charge >= 0.3 is 0 Å². The SMILES string of the molecule is COc1ccccc1N(Cc1nc(-c2ccccc2)oc1C)S(=O)(=O)c1ccc(F)cc1. The quantitative estimate of drug-likeness (QED) is 0.386. The Morgan fingerprint density at radius 3 is 2.31 bits per heavy atom. The van der Waals surface area contributed by atoms with Crippen LogP contribution in [-0.4, -0.2) is 20.5 Å². The number of anilines is 1. The van der Waals surface area contributed by atoms with Gasteiger partial charge in [0.05, 0.1) is 24.2 Å². The average molecular weight is 453 g/mol. The number of rotatable bonds is 7. The summed E-state index contributed by atoms with van der Waals surface area (Å²) >= 11 is 0. The first kappa shape index (κ1) is 21.6. The molecule has 0 aliphatic carbocycles. The summed E-state index contributed by atoms with van der Waals surface area (Å²) in [6.07, 6.45) is 0. The summed E-state index contributed by atoms with van der Waals surface area (Å²) in [5, 5.41) is 0. The monoisotopic (exact) mass is 452 g/mol. The molecule has 0 amide bonds. The van der Waals surface area contributed by atoms with Crippen LogP contribution in [0.5, 0.6) is 5.75 Å². The molecular formula is C24H21FN2O4S. The molecule has 164 valence electrons. The van der Waals surface area contributed by atoms with Gasteiger partial charge in [-0.2, -0.15) is 0 Å². The lowest BCUT2D eigenvalue weighted by atomic mass is 10.2. The van der Waals surface area contributed by atoms with Gasteiger partial charge in [-0.1, -0.05) is 30.3 Å². The molecule has 0 saturated carbocycles. The van der Waals surface area contributed by atoms with E-state index in [1.807, 2.05) is 30.3 Å². The van der Waals surface area contributed by atoms with E-state index < -0.39 is 15.8 Å². The van der Waals surface area contributed by atoms with E-state index in [0.717, 1.165) is 17.7 Å². The van der Waals surface area contributed by atoms with Crippen molar-refractivity contribution in [3.8, 4) is 17.2 Å². The molecule has 0 aliphatic heterocycles. The number of hydrogen-bond acceptors (Lipinski definition) is 5. The van der Waals surface area contributed by atoms with Crippen molar-refractivity contribution in [1.82, 2.24) is 4.98 Å². The maximum atomic E-state index is 13.6. The van der Waals surface area contributed by atoms with E-state index >= 15 is 0 Å². The first-order valence-electron chi connectivity index (χ1n) is 9.83. The molecule has 0 saturated heterocycles. The van der Waals surface area contributed by atoms with Crippen molar-refractivity contribution < 1.29 is 22.0 Å². The van der Waals surface area contributed by atoms with E-state index in [9.17, 15) is 12.8 Å². The lowest BCUT2D eigenvalue weighted by Gasteiger charge is -2.25.